The van der Waals surface area contributed by atoms with Crippen molar-refractivity contribution in [1.29, 1.82) is 0 Å². The highest BCUT2D eigenvalue weighted by Gasteiger charge is 2.10. The first-order valence-electron chi connectivity index (χ1n) is 6.21. The van der Waals surface area contributed by atoms with Gasteiger partial charge in [0, 0.05) is 5.56 Å². The van der Waals surface area contributed by atoms with E-state index < -0.39 is 0 Å². The molecule has 0 heterocycles. The second kappa shape index (κ2) is 6.52. The van der Waals surface area contributed by atoms with Crippen molar-refractivity contribution in [3.63, 3.8) is 0 Å². The van der Waals surface area contributed by atoms with Crippen LogP contribution in [-0.4, -0.2) is 16.7 Å². The Bertz CT molecular complexity index is 621. The molecule has 0 aromatic heterocycles. The molecule has 4 heteroatoms. The van der Waals surface area contributed by atoms with Crippen molar-refractivity contribution in [3.05, 3.63) is 65.7 Å². The largest absolute Gasteiger partial charge is 0.489 e. The van der Waals surface area contributed by atoms with Gasteiger partial charge in [-0.2, -0.15) is 0 Å². The van der Waals surface area contributed by atoms with Crippen LogP contribution < -0.4 is 4.74 Å². The first kappa shape index (κ1) is 13.8. The van der Waals surface area contributed by atoms with Crippen LogP contribution in [0.5, 0.6) is 5.75 Å². The van der Waals surface area contributed by atoms with Gasteiger partial charge < -0.3 is 9.94 Å². The Hall–Kier alpha value is -2.62. The zero-order valence-electron chi connectivity index (χ0n) is 11.1. The van der Waals surface area contributed by atoms with E-state index in [1.54, 1.807) is 24.3 Å². The molecule has 102 valence electrons. The molecule has 0 amide bonds. The van der Waals surface area contributed by atoms with Gasteiger partial charge in [0.25, 0.3) is 0 Å². The van der Waals surface area contributed by atoms with E-state index in [4.69, 9.17) is 9.94 Å². The molecule has 1 N–H and O–H groups in total. The quantitative estimate of drug-likeness (QED) is 0.392. The van der Waals surface area contributed by atoms with Gasteiger partial charge in [0.15, 0.2) is 0 Å². The summed E-state index contributed by atoms with van der Waals surface area (Å²) in [5.74, 6) is 0.281. The fraction of sp³-hybridized carbons (Fsp3) is 0.125. The molecule has 0 bridgehead atoms. The summed E-state index contributed by atoms with van der Waals surface area (Å²) in [5.41, 5.74) is 1.54. The normalized spacial score (nSPS) is 11.2. The van der Waals surface area contributed by atoms with E-state index in [1.807, 2.05) is 30.3 Å². The van der Waals surface area contributed by atoms with E-state index in [-0.39, 0.29) is 11.5 Å². The number of oxime groups is 1. The van der Waals surface area contributed by atoms with Crippen LogP contribution in [0.3, 0.4) is 0 Å². The molecule has 0 aliphatic heterocycles. The van der Waals surface area contributed by atoms with Crippen LogP contribution in [0.4, 0.5) is 0 Å². The predicted octanol–water partition coefficient (Wildman–Crippen LogP) is 3.30. The smallest absolute Gasteiger partial charge is 0.210 e. The van der Waals surface area contributed by atoms with Crippen LogP contribution in [0.1, 0.15) is 22.8 Å². The van der Waals surface area contributed by atoms with Crippen molar-refractivity contribution in [2.24, 2.45) is 5.16 Å². The number of ketones is 1. The zero-order valence-corrected chi connectivity index (χ0v) is 11.1. The molecule has 2 aromatic rings. The van der Waals surface area contributed by atoms with Crippen LogP contribution >= 0.6 is 0 Å². The summed E-state index contributed by atoms with van der Waals surface area (Å²) in [6.45, 7) is 1.89. The minimum atomic E-state index is -0.322. The van der Waals surface area contributed by atoms with Crippen molar-refractivity contribution < 1.29 is 14.7 Å². The van der Waals surface area contributed by atoms with Crippen molar-refractivity contribution in [2.75, 3.05) is 0 Å². The Morgan fingerprint density at radius 1 is 1.15 bits per heavy atom. The van der Waals surface area contributed by atoms with Crippen molar-refractivity contribution in [3.8, 4) is 5.75 Å². The van der Waals surface area contributed by atoms with E-state index in [0.29, 0.717) is 17.9 Å². The van der Waals surface area contributed by atoms with Crippen LogP contribution in [0.15, 0.2) is 59.8 Å². The summed E-state index contributed by atoms with van der Waals surface area (Å²) in [6, 6.07) is 16.6. The van der Waals surface area contributed by atoms with Gasteiger partial charge in [-0.05, 0) is 24.6 Å². The molecule has 0 saturated heterocycles. The fourth-order valence-corrected chi connectivity index (χ4v) is 1.72. The highest BCUT2D eigenvalue weighted by atomic mass is 16.5. The maximum atomic E-state index is 11.9. The molecule has 2 aromatic carbocycles. The number of hydrogen-bond donors (Lipinski definition) is 1. The number of carbonyl (C=O) groups excluding carboxylic acids is 1. The lowest BCUT2D eigenvalue weighted by atomic mass is 10.1. The first-order chi connectivity index (χ1) is 9.70. The Morgan fingerprint density at radius 2 is 1.90 bits per heavy atom. The topological polar surface area (TPSA) is 58.9 Å². The summed E-state index contributed by atoms with van der Waals surface area (Å²) in [4.78, 5) is 11.9. The van der Waals surface area contributed by atoms with Crippen LogP contribution in [-0.2, 0) is 6.61 Å². The summed E-state index contributed by atoms with van der Waals surface area (Å²) in [7, 11) is 0. The molecular weight excluding hydrogens is 254 g/mol. The third-order valence-electron chi connectivity index (χ3n) is 2.82. The molecule has 0 atom stereocenters. The molecule has 0 fully saturated rings. The molecule has 2 rings (SSSR count). The summed E-state index contributed by atoms with van der Waals surface area (Å²) in [6.07, 6.45) is 0. The number of rotatable bonds is 5. The average molecular weight is 269 g/mol. The summed E-state index contributed by atoms with van der Waals surface area (Å²) >= 11 is 0. The second-order valence-corrected chi connectivity index (χ2v) is 4.32. The van der Waals surface area contributed by atoms with Crippen LogP contribution in [0, 0.1) is 0 Å². The maximum Gasteiger partial charge on any atom is 0.210 e. The standard InChI is InChI=1S/C16H15NO3/c1-12(17-19)16(18)14-8-5-9-15(10-14)20-11-13-6-3-2-4-7-13/h2-10,19H,11H2,1H3/b17-12+. The monoisotopic (exact) mass is 269 g/mol. The number of hydrogen-bond acceptors (Lipinski definition) is 4. The minimum Gasteiger partial charge on any atom is -0.489 e. The van der Waals surface area contributed by atoms with Crippen molar-refractivity contribution >= 4 is 11.5 Å². The van der Waals surface area contributed by atoms with E-state index in [9.17, 15) is 4.79 Å². The van der Waals surface area contributed by atoms with E-state index in [1.165, 1.54) is 6.92 Å². The molecule has 0 saturated carbocycles. The number of carbonyl (C=O) groups is 1. The highest BCUT2D eigenvalue weighted by molar-refractivity contribution is 6.45. The molecule has 0 unspecified atom stereocenters. The molecule has 0 spiro atoms. The van der Waals surface area contributed by atoms with Gasteiger partial charge in [0.2, 0.25) is 5.78 Å². The third-order valence-corrected chi connectivity index (χ3v) is 2.82. The summed E-state index contributed by atoms with van der Waals surface area (Å²) in [5, 5.41) is 11.5. The Kier molecular flexibility index (Phi) is 4.50. The minimum absolute atomic E-state index is 0.0465. The number of benzene rings is 2. The lowest BCUT2D eigenvalue weighted by Gasteiger charge is -2.07. The summed E-state index contributed by atoms with van der Waals surface area (Å²) < 4.78 is 5.64. The van der Waals surface area contributed by atoms with Gasteiger partial charge in [-0.3, -0.25) is 4.79 Å². The lowest BCUT2D eigenvalue weighted by molar-refractivity contribution is 0.106. The van der Waals surface area contributed by atoms with Crippen molar-refractivity contribution in [2.45, 2.75) is 13.5 Å². The number of ether oxygens (including phenoxy) is 1. The first-order valence-corrected chi connectivity index (χ1v) is 6.21. The Labute approximate surface area is 117 Å². The molecule has 0 radical (unpaired) electrons. The fourth-order valence-electron chi connectivity index (χ4n) is 1.72. The van der Waals surface area contributed by atoms with Gasteiger partial charge in [-0.15, -0.1) is 0 Å². The molecule has 0 aliphatic carbocycles. The third kappa shape index (κ3) is 3.45. The van der Waals surface area contributed by atoms with Crippen molar-refractivity contribution in [1.82, 2.24) is 0 Å². The van der Waals surface area contributed by atoms with Gasteiger partial charge in [-0.1, -0.05) is 47.6 Å². The highest BCUT2D eigenvalue weighted by Crippen LogP contribution is 2.16. The van der Waals surface area contributed by atoms with E-state index >= 15 is 0 Å². The molecular formula is C16H15NO3. The Balaban J connectivity index is 2.09. The molecule has 4 nitrogen and oxygen atoms in total. The molecule has 20 heavy (non-hydrogen) atoms. The van der Waals surface area contributed by atoms with Gasteiger partial charge >= 0.3 is 0 Å². The Morgan fingerprint density at radius 3 is 2.60 bits per heavy atom. The predicted molar refractivity (Wildman–Crippen MR) is 76.4 cm³/mol. The molecule has 0 aliphatic rings. The van der Waals surface area contributed by atoms with Crippen LogP contribution in [0.2, 0.25) is 0 Å². The van der Waals surface area contributed by atoms with E-state index in [0.717, 1.165) is 5.56 Å². The SMILES string of the molecule is C/C(=N\O)C(=O)c1cccc(OCc2ccccc2)c1. The zero-order chi connectivity index (χ0) is 14.4. The average Bonchev–Trinajstić information content (AvgIpc) is 2.52. The van der Waals surface area contributed by atoms with Gasteiger partial charge in [0.1, 0.15) is 18.1 Å². The van der Waals surface area contributed by atoms with Crippen LogP contribution in [0.25, 0.3) is 0 Å². The van der Waals surface area contributed by atoms with Gasteiger partial charge in [0.05, 0.1) is 0 Å². The maximum absolute atomic E-state index is 11.9. The van der Waals surface area contributed by atoms with E-state index in [2.05, 4.69) is 5.16 Å². The second-order valence-electron chi connectivity index (χ2n) is 4.32. The number of nitrogens with zero attached hydrogens (tertiary/aromatic N) is 1. The number of Topliss-reactive ketones (excluding diaryl/α,β-unsaturated/α-hetero) is 1. The van der Waals surface area contributed by atoms with Gasteiger partial charge in [-0.25, -0.2) is 0 Å². The lowest BCUT2D eigenvalue weighted by Crippen LogP contribution is -2.10.